The molecule has 1 aliphatic heterocycles. The van der Waals surface area contributed by atoms with Crippen molar-refractivity contribution in [1.82, 2.24) is 25.1 Å². The van der Waals surface area contributed by atoms with Gasteiger partial charge in [-0.3, -0.25) is 9.89 Å². The molecule has 136 valence electrons. The number of aromatic amines is 1. The third-order valence-corrected chi connectivity index (χ3v) is 4.17. The van der Waals surface area contributed by atoms with Gasteiger partial charge in [-0.1, -0.05) is 20.8 Å². The molecular formula is C17H25N5O3. The molecule has 0 radical (unpaired) electrons. The molecule has 2 aromatic rings. The number of aromatic nitrogens is 4. The predicted octanol–water partition coefficient (Wildman–Crippen LogP) is 1.93. The van der Waals surface area contributed by atoms with Crippen molar-refractivity contribution in [3.63, 3.8) is 0 Å². The molecule has 3 rings (SSSR count). The van der Waals surface area contributed by atoms with Gasteiger partial charge in [-0.25, -0.2) is 9.97 Å². The molecule has 0 aliphatic carbocycles. The van der Waals surface area contributed by atoms with Crippen molar-refractivity contribution in [1.29, 1.82) is 0 Å². The highest BCUT2D eigenvalue weighted by molar-refractivity contribution is 5.76. The second kappa shape index (κ2) is 6.95. The average Bonchev–Trinajstić information content (AvgIpc) is 3.21. The largest absolute Gasteiger partial charge is 0.445 e. The number of nitrogens with one attached hydrogen (secondary N) is 1. The number of hydrogen-bond donors (Lipinski definition) is 1. The summed E-state index contributed by atoms with van der Waals surface area (Å²) in [6.07, 6.45) is 2.33. The number of rotatable bonds is 4. The maximum atomic E-state index is 12.5. The Morgan fingerprint density at radius 2 is 2.24 bits per heavy atom. The normalized spacial score (nSPS) is 18.6. The molecule has 1 unspecified atom stereocenters. The highest BCUT2D eigenvalue weighted by atomic mass is 16.5. The molecule has 0 aromatic carbocycles. The van der Waals surface area contributed by atoms with Gasteiger partial charge in [0.1, 0.15) is 17.7 Å². The van der Waals surface area contributed by atoms with E-state index in [1.54, 1.807) is 11.1 Å². The van der Waals surface area contributed by atoms with Crippen LogP contribution in [0.25, 0.3) is 0 Å². The average molecular weight is 347 g/mol. The summed E-state index contributed by atoms with van der Waals surface area (Å²) in [4.78, 5) is 22.9. The Morgan fingerprint density at radius 1 is 1.44 bits per heavy atom. The van der Waals surface area contributed by atoms with E-state index in [-0.39, 0.29) is 17.4 Å². The molecule has 0 saturated carbocycles. The van der Waals surface area contributed by atoms with E-state index in [2.05, 4.69) is 40.9 Å². The van der Waals surface area contributed by atoms with E-state index in [9.17, 15) is 4.79 Å². The van der Waals surface area contributed by atoms with Crippen molar-refractivity contribution >= 4 is 5.91 Å². The topological polar surface area (TPSA) is 97.1 Å². The van der Waals surface area contributed by atoms with Gasteiger partial charge in [-0.05, 0) is 6.92 Å². The molecule has 0 bridgehead atoms. The van der Waals surface area contributed by atoms with E-state index in [0.29, 0.717) is 44.3 Å². The molecule has 25 heavy (non-hydrogen) atoms. The Kier molecular flexibility index (Phi) is 4.89. The zero-order valence-electron chi connectivity index (χ0n) is 15.2. The molecule has 1 fully saturated rings. The predicted molar refractivity (Wildman–Crippen MR) is 89.9 cm³/mol. The van der Waals surface area contributed by atoms with Crippen molar-refractivity contribution in [3.8, 4) is 0 Å². The van der Waals surface area contributed by atoms with Crippen LogP contribution >= 0.6 is 0 Å². The van der Waals surface area contributed by atoms with Gasteiger partial charge < -0.3 is 14.1 Å². The van der Waals surface area contributed by atoms with Crippen LogP contribution in [0.1, 0.15) is 56.6 Å². The molecule has 3 heterocycles. The first-order chi connectivity index (χ1) is 11.8. The first kappa shape index (κ1) is 17.6. The number of amides is 1. The summed E-state index contributed by atoms with van der Waals surface area (Å²) in [6.45, 7) is 9.58. The highest BCUT2D eigenvalue weighted by Crippen LogP contribution is 2.23. The first-order valence-corrected chi connectivity index (χ1v) is 8.56. The smallest absolute Gasteiger partial charge is 0.223 e. The van der Waals surface area contributed by atoms with E-state index in [1.165, 1.54) is 0 Å². The SMILES string of the molecule is Cc1nc(C2CN(C(=O)CCc3ncc(C(C)(C)C)o3)CCO2)n[nH]1. The molecule has 2 aromatic heterocycles. The quantitative estimate of drug-likeness (QED) is 0.908. The second-order valence-corrected chi connectivity index (χ2v) is 7.35. The second-order valence-electron chi connectivity index (χ2n) is 7.35. The Morgan fingerprint density at radius 3 is 2.88 bits per heavy atom. The fourth-order valence-electron chi connectivity index (χ4n) is 2.68. The standard InChI is InChI=1S/C17H25N5O3/c1-11-19-16(21-20-11)12-10-22(7-8-24-12)15(23)6-5-14-18-9-13(25-14)17(2,3)4/h9,12H,5-8,10H2,1-4H3,(H,19,20,21). The number of morpholine rings is 1. The molecule has 1 aliphatic rings. The monoisotopic (exact) mass is 347 g/mol. The van der Waals surface area contributed by atoms with E-state index >= 15 is 0 Å². The number of carbonyl (C=O) groups is 1. The minimum atomic E-state index is -0.281. The Bertz CT molecular complexity index is 731. The zero-order chi connectivity index (χ0) is 18.0. The summed E-state index contributed by atoms with van der Waals surface area (Å²) in [7, 11) is 0. The maximum Gasteiger partial charge on any atom is 0.223 e. The molecule has 1 atom stereocenters. The number of oxazole rings is 1. The maximum absolute atomic E-state index is 12.5. The first-order valence-electron chi connectivity index (χ1n) is 8.56. The fraction of sp³-hybridized carbons (Fsp3) is 0.647. The lowest BCUT2D eigenvalue weighted by Crippen LogP contribution is -2.42. The molecule has 1 N–H and O–H groups in total. The third kappa shape index (κ3) is 4.25. The molecule has 8 nitrogen and oxygen atoms in total. The van der Waals surface area contributed by atoms with Crippen molar-refractivity contribution < 1.29 is 13.9 Å². The van der Waals surface area contributed by atoms with Gasteiger partial charge in [0.15, 0.2) is 11.7 Å². The minimum Gasteiger partial charge on any atom is -0.445 e. The van der Waals surface area contributed by atoms with Gasteiger partial charge in [0.05, 0.1) is 19.3 Å². The Balaban J connectivity index is 1.55. The van der Waals surface area contributed by atoms with Crippen molar-refractivity contribution in [2.45, 2.75) is 52.1 Å². The lowest BCUT2D eigenvalue weighted by Gasteiger charge is -2.31. The minimum absolute atomic E-state index is 0.0658. The van der Waals surface area contributed by atoms with Crippen LogP contribution in [0.3, 0.4) is 0 Å². The Hall–Kier alpha value is -2.22. The van der Waals surface area contributed by atoms with Crippen LogP contribution in [0.15, 0.2) is 10.6 Å². The number of H-pyrrole nitrogens is 1. The zero-order valence-corrected chi connectivity index (χ0v) is 15.2. The molecule has 1 amide bonds. The van der Waals surface area contributed by atoms with Crippen LogP contribution < -0.4 is 0 Å². The summed E-state index contributed by atoms with van der Waals surface area (Å²) >= 11 is 0. The lowest BCUT2D eigenvalue weighted by molar-refractivity contribution is -0.139. The van der Waals surface area contributed by atoms with E-state index in [1.807, 2.05) is 6.92 Å². The molecule has 1 saturated heterocycles. The number of hydrogen-bond acceptors (Lipinski definition) is 6. The molecule has 0 spiro atoms. The number of ether oxygens (including phenoxy) is 1. The summed E-state index contributed by atoms with van der Waals surface area (Å²) in [6, 6.07) is 0. The van der Waals surface area contributed by atoms with Gasteiger partial charge in [0, 0.05) is 24.8 Å². The van der Waals surface area contributed by atoms with Crippen molar-refractivity contribution in [3.05, 3.63) is 29.5 Å². The van der Waals surface area contributed by atoms with Crippen LogP contribution in [-0.4, -0.2) is 50.7 Å². The van der Waals surface area contributed by atoms with Crippen molar-refractivity contribution in [2.24, 2.45) is 0 Å². The Labute approximate surface area is 147 Å². The summed E-state index contributed by atoms with van der Waals surface area (Å²) in [5.74, 6) is 2.84. The summed E-state index contributed by atoms with van der Waals surface area (Å²) in [5.41, 5.74) is -0.0820. The van der Waals surface area contributed by atoms with E-state index in [0.717, 1.165) is 11.6 Å². The van der Waals surface area contributed by atoms with Crippen LogP contribution in [0.2, 0.25) is 0 Å². The van der Waals surface area contributed by atoms with Crippen LogP contribution in [0.5, 0.6) is 0 Å². The molecular weight excluding hydrogens is 322 g/mol. The van der Waals surface area contributed by atoms with Gasteiger partial charge in [-0.2, -0.15) is 5.10 Å². The van der Waals surface area contributed by atoms with E-state index < -0.39 is 0 Å². The van der Waals surface area contributed by atoms with Gasteiger partial charge in [-0.15, -0.1) is 0 Å². The van der Waals surface area contributed by atoms with Gasteiger partial charge in [0.2, 0.25) is 5.91 Å². The number of aryl methyl sites for hydroxylation is 2. The van der Waals surface area contributed by atoms with Gasteiger partial charge in [0.25, 0.3) is 0 Å². The van der Waals surface area contributed by atoms with Crippen LogP contribution in [0.4, 0.5) is 0 Å². The van der Waals surface area contributed by atoms with E-state index in [4.69, 9.17) is 9.15 Å². The third-order valence-electron chi connectivity index (χ3n) is 4.17. The lowest BCUT2D eigenvalue weighted by atomic mass is 9.94. The highest BCUT2D eigenvalue weighted by Gasteiger charge is 2.28. The van der Waals surface area contributed by atoms with Gasteiger partial charge >= 0.3 is 0 Å². The van der Waals surface area contributed by atoms with Crippen LogP contribution in [0, 0.1) is 6.92 Å². The summed E-state index contributed by atoms with van der Waals surface area (Å²) < 4.78 is 11.4. The van der Waals surface area contributed by atoms with Crippen molar-refractivity contribution in [2.75, 3.05) is 19.7 Å². The number of carbonyl (C=O) groups excluding carboxylic acids is 1. The molecule has 8 heteroatoms. The fourth-order valence-corrected chi connectivity index (χ4v) is 2.68. The van der Waals surface area contributed by atoms with Crippen LogP contribution in [-0.2, 0) is 21.4 Å². The number of nitrogens with zero attached hydrogens (tertiary/aromatic N) is 4. The summed E-state index contributed by atoms with van der Waals surface area (Å²) in [5, 5.41) is 6.93.